The van der Waals surface area contributed by atoms with Crippen LogP contribution in [0, 0.1) is 21.7 Å². The standard InChI is InChI=1S/C10H12BrFN2O3.C10H14BrFN2O/c1-2-17-4-3-13-9-5-7(11)8(12)6-10(9)14(15)16;1-2-15-4-3-14-10-5-7(11)8(12)6-9(10)13/h5-6,13H,2-4H2,1H3;5-6,14H,2-4,13H2,1H3. The minimum atomic E-state index is -0.660. The van der Waals surface area contributed by atoms with Crippen molar-refractivity contribution in [3.8, 4) is 0 Å². The Balaban J connectivity index is 0.000000323. The summed E-state index contributed by atoms with van der Waals surface area (Å²) in [6, 6.07) is 5.14. The molecule has 0 amide bonds. The molecule has 0 heterocycles. The highest BCUT2D eigenvalue weighted by molar-refractivity contribution is 9.10. The van der Waals surface area contributed by atoms with Crippen LogP contribution in [-0.4, -0.2) is 44.4 Å². The van der Waals surface area contributed by atoms with Gasteiger partial charge in [-0.1, -0.05) is 0 Å². The SMILES string of the molecule is CCOCCNc1cc(Br)c(F)cc1N.CCOCCNc1cc(Br)c(F)cc1[N+](=O)[O-]. The third kappa shape index (κ3) is 9.63. The first kappa shape index (κ1) is 28.0. The van der Waals surface area contributed by atoms with E-state index in [4.69, 9.17) is 15.2 Å². The summed E-state index contributed by atoms with van der Waals surface area (Å²) in [6.07, 6.45) is 0. The van der Waals surface area contributed by atoms with Crippen molar-refractivity contribution in [1.29, 1.82) is 0 Å². The van der Waals surface area contributed by atoms with Crippen LogP contribution in [0.2, 0.25) is 0 Å². The Morgan fingerprint density at radius 1 is 0.938 bits per heavy atom. The van der Waals surface area contributed by atoms with Crippen LogP contribution in [-0.2, 0) is 9.47 Å². The molecule has 12 heteroatoms. The Morgan fingerprint density at radius 2 is 1.41 bits per heavy atom. The van der Waals surface area contributed by atoms with Crippen LogP contribution in [0.4, 0.5) is 31.5 Å². The molecule has 2 aromatic carbocycles. The molecule has 0 radical (unpaired) electrons. The van der Waals surface area contributed by atoms with E-state index >= 15 is 0 Å². The summed E-state index contributed by atoms with van der Waals surface area (Å²) in [6.45, 7) is 7.16. The van der Waals surface area contributed by atoms with Crippen molar-refractivity contribution >= 4 is 54.6 Å². The summed E-state index contributed by atoms with van der Waals surface area (Å²) < 4.78 is 37.0. The average molecular weight is 584 g/mol. The Morgan fingerprint density at radius 3 is 1.91 bits per heavy atom. The number of ether oxygens (including phenoxy) is 2. The molecule has 0 fully saturated rings. The van der Waals surface area contributed by atoms with Gasteiger partial charge in [-0.05, 0) is 57.8 Å². The van der Waals surface area contributed by atoms with Gasteiger partial charge in [-0.25, -0.2) is 8.78 Å². The predicted molar refractivity (Wildman–Crippen MR) is 129 cm³/mol. The zero-order chi connectivity index (χ0) is 24.1. The van der Waals surface area contributed by atoms with Crippen LogP contribution in [0.3, 0.4) is 0 Å². The quantitative estimate of drug-likeness (QED) is 0.137. The fourth-order valence-electron chi connectivity index (χ4n) is 2.35. The number of hydrogen-bond acceptors (Lipinski definition) is 7. The topological polar surface area (TPSA) is 112 Å². The maximum atomic E-state index is 13.2. The van der Waals surface area contributed by atoms with E-state index in [0.29, 0.717) is 55.4 Å². The maximum Gasteiger partial charge on any atom is 0.295 e. The number of nitrogens with two attached hydrogens (primary N) is 1. The molecular weight excluding hydrogens is 558 g/mol. The number of benzene rings is 2. The molecular formula is C20H26Br2F2N4O4. The molecule has 0 saturated heterocycles. The van der Waals surface area contributed by atoms with E-state index in [9.17, 15) is 18.9 Å². The van der Waals surface area contributed by atoms with E-state index in [1.807, 2.05) is 13.8 Å². The first-order valence-electron chi connectivity index (χ1n) is 9.72. The fraction of sp³-hybridized carbons (Fsp3) is 0.400. The van der Waals surface area contributed by atoms with Crippen LogP contribution < -0.4 is 16.4 Å². The molecule has 0 bridgehead atoms. The van der Waals surface area contributed by atoms with Crippen LogP contribution in [0.5, 0.6) is 0 Å². The monoisotopic (exact) mass is 582 g/mol. The van der Waals surface area contributed by atoms with E-state index in [1.54, 1.807) is 6.07 Å². The van der Waals surface area contributed by atoms with Crippen molar-refractivity contribution in [1.82, 2.24) is 0 Å². The Hall–Kier alpha value is -2.02. The summed E-state index contributed by atoms with van der Waals surface area (Å²) in [7, 11) is 0. The summed E-state index contributed by atoms with van der Waals surface area (Å²) in [5.74, 6) is -1.02. The van der Waals surface area contributed by atoms with Crippen molar-refractivity contribution < 1.29 is 23.2 Å². The highest BCUT2D eigenvalue weighted by Gasteiger charge is 2.17. The maximum absolute atomic E-state index is 13.2. The lowest BCUT2D eigenvalue weighted by Crippen LogP contribution is -2.10. The van der Waals surface area contributed by atoms with Crippen LogP contribution >= 0.6 is 31.9 Å². The number of hydrogen-bond donors (Lipinski definition) is 3. The lowest BCUT2D eigenvalue weighted by atomic mass is 10.2. The lowest BCUT2D eigenvalue weighted by Gasteiger charge is -2.10. The van der Waals surface area contributed by atoms with E-state index in [1.165, 1.54) is 12.1 Å². The molecule has 32 heavy (non-hydrogen) atoms. The van der Waals surface area contributed by atoms with Gasteiger partial charge in [-0.2, -0.15) is 0 Å². The van der Waals surface area contributed by atoms with Crippen molar-refractivity contribution in [2.24, 2.45) is 0 Å². The molecule has 0 aromatic heterocycles. The molecule has 0 saturated carbocycles. The summed E-state index contributed by atoms with van der Waals surface area (Å²) in [5, 5.41) is 16.6. The van der Waals surface area contributed by atoms with Gasteiger partial charge < -0.3 is 25.8 Å². The number of anilines is 3. The van der Waals surface area contributed by atoms with Gasteiger partial charge in [0.05, 0.1) is 44.5 Å². The van der Waals surface area contributed by atoms with Crippen molar-refractivity contribution in [2.75, 3.05) is 55.9 Å². The molecule has 0 unspecified atom stereocenters. The molecule has 8 nitrogen and oxygen atoms in total. The second kappa shape index (κ2) is 14.9. The molecule has 0 spiro atoms. The Labute approximate surface area is 202 Å². The first-order chi connectivity index (χ1) is 15.2. The molecule has 0 aliphatic rings. The minimum Gasteiger partial charge on any atom is -0.397 e. The molecule has 178 valence electrons. The molecule has 0 aliphatic carbocycles. The van der Waals surface area contributed by atoms with Crippen LogP contribution in [0.15, 0.2) is 33.2 Å². The molecule has 0 aliphatic heterocycles. The number of nitrogens with zero attached hydrogens (tertiary/aromatic N) is 1. The highest BCUT2D eigenvalue weighted by Crippen LogP contribution is 2.30. The predicted octanol–water partition coefficient (Wildman–Crippen LogP) is 5.56. The van der Waals surface area contributed by atoms with Gasteiger partial charge in [0.1, 0.15) is 17.3 Å². The van der Waals surface area contributed by atoms with Crippen LogP contribution in [0.1, 0.15) is 13.8 Å². The summed E-state index contributed by atoms with van der Waals surface area (Å²) in [5.41, 5.74) is 6.72. The molecule has 4 N–H and O–H groups in total. The van der Waals surface area contributed by atoms with Gasteiger partial charge in [0.15, 0.2) is 0 Å². The van der Waals surface area contributed by atoms with Gasteiger partial charge in [-0.15, -0.1) is 0 Å². The second-order valence-electron chi connectivity index (χ2n) is 6.14. The number of rotatable bonds is 11. The van der Waals surface area contributed by atoms with E-state index < -0.39 is 10.7 Å². The third-order valence-corrected chi connectivity index (χ3v) is 5.08. The third-order valence-electron chi connectivity index (χ3n) is 3.86. The van der Waals surface area contributed by atoms with Gasteiger partial charge in [0.2, 0.25) is 0 Å². The van der Waals surface area contributed by atoms with Crippen LogP contribution in [0.25, 0.3) is 0 Å². The van der Waals surface area contributed by atoms with Gasteiger partial charge >= 0.3 is 0 Å². The number of halogens is 4. The largest absolute Gasteiger partial charge is 0.397 e. The van der Waals surface area contributed by atoms with E-state index in [2.05, 4.69) is 42.5 Å². The van der Waals surface area contributed by atoms with E-state index in [-0.39, 0.29) is 21.7 Å². The van der Waals surface area contributed by atoms with Crippen molar-refractivity contribution in [2.45, 2.75) is 13.8 Å². The van der Waals surface area contributed by atoms with Gasteiger partial charge in [0.25, 0.3) is 5.69 Å². The van der Waals surface area contributed by atoms with Crippen molar-refractivity contribution in [3.05, 3.63) is 55.0 Å². The van der Waals surface area contributed by atoms with Gasteiger partial charge in [-0.3, -0.25) is 10.1 Å². The zero-order valence-corrected chi connectivity index (χ0v) is 20.9. The molecule has 2 rings (SSSR count). The Bertz CT molecular complexity index is 891. The summed E-state index contributed by atoms with van der Waals surface area (Å²) in [4.78, 5) is 10.1. The fourth-order valence-corrected chi connectivity index (χ4v) is 3.04. The smallest absolute Gasteiger partial charge is 0.295 e. The number of nitro benzene ring substituents is 1. The van der Waals surface area contributed by atoms with Gasteiger partial charge in [0, 0.05) is 32.4 Å². The normalized spacial score (nSPS) is 10.3. The first-order valence-corrected chi connectivity index (χ1v) is 11.3. The molecule has 0 atom stereocenters. The number of nitro groups is 1. The summed E-state index contributed by atoms with van der Waals surface area (Å²) >= 11 is 6.08. The second-order valence-corrected chi connectivity index (χ2v) is 7.85. The highest BCUT2D eigenvalue weighted by atomic mass is 79.9. The van der Waals surface area contributed by atoms with E-state index in [0.717, 1.165) is 6.07 Å². The Kier molecular flexibility index (Phi) is 13.1. The lowest BCUT2D eigenvalue weighted by molar-refractivity contribution is -0.384. The van der Waals surface area contributed by atoms with Crippen molar-refractivity contribution in [3.63, 3.8) is 0 Å². The average Bonchev–Trinajstić information content (AvgIpc) is 2.74. The number of nitrogens with one attached hydrogen (secondary N) is 2. The minimum absolute atomic E-state index is 0.182. The molecule has 2 aromatic rings. The zero-order valence-electron chi connectivity index (χ0n) is 17.7. The number of nitrogen functional groups attached to an aromatic ring is 1.